The van der Waals surface area contributed by atoms with E-state index < -0.39 is 23.8 Å². The molecular formula is C23H20FNO4. The lowest BCUT2D eigenvalue weighted by atomic mass is 10.1. The molecule has 0 unspecified atom stereocenters. The molecule has 0 saturated heterocycles. The van der Waals surface area contributed by atoms with Crippen LogP contribution in [0.2, 0.25) is 0 Å². The number of carbonyl (C=O) groups excluding carboxylic acids is 2. The Labute approximate surface area is 168 Å². The van der Waals surface area contributed by atoms with Crippen LogP contribution < -0.4 is 10.1 Å². The molecular weight excluding hydrogens is 373 g/mol. The van der Waals surface area contributed by atoms with E-state index in [0.29, 0.717) is 17.0 Å². The minimum absolute atomic E-state index is 0.0202. The summed E-state index contributed by atoms with van der Waals surface area (Å²) in [4.78, 5) is 25.5. The smallest absolute Gasteiger partial charge is 0.339 e. The molecule has 148 valence electrons. The molecule has 1 atom stereocenters. The largest absolute Gasteiger partial charge is 0.495 e. The van der Waals surface area contributed by atoms with Crippen molar-refractivity contribution in [2.24, 2.45) is 0 Å². The Hall–Kier alpha value is -3.67. The number of esters is 1. The lowest BCUT2D eigenvalue weighted by Crippen LogP contribution is -2.26. The number of methoxy groups -OCH3 is 1. The summed E-state index contributed by atoms with van der Waals surface area (Å²) in [7, 11) is 1.50. The molecule has 0 aliphatic heterocycles. The van der Waals surface area contributed by atoms with Gasteiger partial charge in [0.2, 0.25) is 6.10 Å². The molecule has 0 saturated carbocycles. The SMILES string of the molecule is COc1ccc(C)cc1NC(=O)[C@H](OC(=O)c1cccc(F)c1)c1ccccc1. The molecule has 3 rings (SSSR count). The average molecular weight is 393 g/mol. The Morgan fingerprint density at radius 2 is 1.72 bits per heavy atom. The highest BCUT2D eigenvalue weighted by atomic mass is 19.1. The van der Waals surface area contributed by atoms with Crippen LogP contribution in [0.25, 0.3) is 0 Å². The summed E-state index contributed by atoms with van der Waals surface area (Å²) in [6.45, 7) is 1.88. The Kier molecular flexibility index (Phi) is 6.24. The van der Waals surface area contributed by atoms with E-state index >= 15 is 0 Å². The lowest BCUT2D eigenvalue weighted by Gasteiger charge is -2.19. The number of halogens is 1. The number of anilines is 1. The third kappa shape index (κ3) is 4.99. The molecule has 0 heterocycles. The number of benzene rings is 3. The quantitative estimate of drug-likeness (QED) is 0.618. The van der Waals surface area contributed by atoms with Crippen LogP contribution in [-0.4, -0.2) is 19.0 Å². The first-order chi connectivity index (χ1) is 14.0. The van der Waals surface area contributed by atoms with E-state index in [1.807, 2.05) is 13.0 Å². The van der Waals surface area contributed by atoms with E-state index in [2.05, 4.69) is 5.32 Å². The van der Waals surface area contributed by atoms with Gasteiger partial charge in [-0.15, -0.1) is 0 Å². The Balaban J connectivity index is 1.89. The van der Waals surface area contributed by atoms with Crippen LogP contribution in [0.1, 0.15) is 27.6 Å². The summed E-state index contributed by atoms with van der Waals surface area (Å²) in [6.07, 6.45) is -1.22. The van der Waals surface area contributed by atoms with Crippen LogP contribution in [0.3, 0.4) is 0 Å². The molecule has 0 bridgehead atoms. The molecule has 1 N–H and O–H groups in total. The molecule has 0 aliphatic carbocycles. The minimum Gasteiger partial charge on any atom is -0.495 e. The zero-order valence-corrected chi connectivity index (χ0v) is 16.0. The number of carbonyl (C=O) groups is 2. The normalized spacial score (nSPS) is 11.4. The molecule has 0 aliphatic rings. The van der Waals surface area contributed by atoms with Gasteiger partial charge in [0.1, 0.15) is 11.6 Å². The van der Waals surface area contributed by atoms with Crippen LogP contribution in [0.15, 0.2) is 72.8 Å². The van der Waals surface area contributed by atoms with E-state index in [9.17, 15) is 14.0 Å². The molecule has 1 amide bonds. The van der Waals surface area contributed by atoms with E-state index in [1.165, 1.54) is 25.3 Å². The van der Waals surface area contributed by atoms with Gasteiger partial charge in [0.05, 0.1) is 18.4 Å². The highest BCUT2D eigenvalue weighted by Gasteiger charge is 2.26. The van der Waals surface area contributed by atoms with Gasteiger partial charge in [-0.1, -0.05) is 42.5 Å². The molecule has 0 aromatic heterocycles. The fraction of sp³-hybridized carbons (Fsp3) is 0.130. The number of nitrogens with one attached hydrogen (secondary N) is 1. The van der Waals surface area contributed by atoms with Crippen molar-refractivity contribution in [1.29, 1.82) is 0 Å². The van der Waals surface area contributed by atoms with Crippen molar-refractivity contribution in [3.8, 4) is 5.75 Å². The predicted octanol–water partition coefficient (Wildman–Crippen LogP) is 4.68. The first-order valence-corrected chi connectivity index (χ1v) is 8.95. The van der Waals surface area contributed by atoms with E-state index in [0.717, 1.165) is 11.6 Å². The summed E-state index contributed by atoms with van der Waals surface area (Å²) >= 11 is 0. The Morgan fingerprint density at radius 1 is 0.966 bits per heavy atom. The second-order valence-corrected chi connectivity index (χ2v) is 6.40. The third-order valence-electron chi connectivity index (χ3n) is 4.24. The van der Waals surface area contributed by atoms with Crippen molar-refractivity contribution in [2.75, 3.05) is 12.4 Å². The number of aryl methyl sites for hydroxylation is 1. The second kappa shape index (κ2) is 9.01. The maximum atomic E-state index is 13.5. The number of rotatable bonds is 6. The van der Waals surface area contributed by atoms with Gasteiger partial charge in [0.15, 0.2) is 0 Å². The van der Waals surface area contributed by atoms with Crippen LogP contribution >= 0.6 is 0 Å². The van der Waals surface area contributed by atoms with Gasteiger partial charge < -0.3 is 14.8 Å². The highest BCUT2D eigenvalue weighted by Crippen LogP contribution is 2.28. The topological polar surface area (TPSA) is 64.6 Å². The average Bonchev–Trinajstić information content (AvgIpc) is 2.72. The Bertz CT molecular complexity index is 1020. The number of amides is 1. The fourth-order valence-corrected chi connectivity index (χ4v) is 2.81. The van der Waals surface area contributed by atoms with Crippen LogP contribution in [0, 0.1) is 12.7 Å². The second-order valence-electron chi connectivity index (χ2n) is 6.40. The van der Waals surface area contributed by atoms with Gasteiger partial charge in [-0.3, -0.25) is 4.79 Å². The van der Waals surface area contributed by atoms with Crippen molar-refractivity contribution < 1.29 is 23.5 Å². The van der Waals surface area contributed by atoms with E-state index in [-0.39, 0.29) is 5.56 Å². The molecule has 3 aromatic rings. The van der Waals surface area contributed by atoms with E-state index in [4.69, 9.17) is 9.47 Å². The fourth-order valence-electron chi connectivity index (χ4n) is 2.81. The standard InChI is InChI=1S/C23H20FNO4/c1-15-11-12-20(28-2)19(13-15)25-22(26)21(16-7-4-3-5-8-16)29-23(27)17-9-6-10-18(24)14-17/h3-14,21H,1-2H3,(H,25,26)/t21-/m1/s1. The van der Waals surface area contributed by atoms with Crippen molar-refractivity contribution >= 4 is 17.6 Å². The molecule has 0 fully saturated rings. The molecule has 5 nitrogen and oxygen atoms in total. The van der Waals surface area contributed by atoms with Gasteiger partial charge >= 0.3 is 5.97 Å². The zero-order chi connectivity index (χ0) is 20.8. The first kappa shape index (κ1) is 20.1. The lowest BCUT2D eigenvalue weighted by molar-refractivity contribution is -0.125. The number of hydrogen-bond donors (Lipinski definition) is 1. The van der Waals surface area contributed by atoms with Crippen molar-refractivity contribution in [3.05, 3.63) is 95.3 Å². The van der Waals surface area contributed by atoms with E-state index in [1.54, 1.807) is 42.5 Å². The molecule has 3 aromatic carbocycles. The summed E-state index contributed by atoms with van der Waals surface area (Å²) in [6, 6.07) is 19.1. The van der Waals surface area contributed by atoms with Crippen molar-refractivity contribution in [2.45, 2.75) is 13.0 Å². The van der Waals surface area contributed by atoms with Gasteiger partial charge in [-0.05, 0) is 42.8 Å². The minimum atomic E-state index is -1.22. The van der Waals surface area contributed by atoms with Crippen LogP contribution in [0.5, 0.6) is 5.75 Å². The molecule has 0 radical (unpaired) electrons. The number of ether oxygens (including phenoxy) is 2. The van der Waals surface area contributed by atoms with Gasteiger partial charge in [-0.25, -0.2) is 9.18 Å². The highest BCUT2D eigenvalue weighted by molar-refractivity contribution is 5.99. The van der Waals surface area contributed by atoms with Gasteiger partial charge in [-0.2, -0.15) is 0 Å². The maximum Gasteiger partial charge on any atom is 0.339 e. The third-order valence-corrected chi connectivity index (χ3v) is 4.24. The van der Waals surface area contributed by atoms with Crippen molar-refractivity contribution in [3.63, 3.8) is 0 Å². The molecule has 6 heteroatoms. The van der Waals surface area contributed by atoms with Crippen molar-refractivity contribution in [1.82, 2.24) is 0 Å². The van der Waals surface area contributed by atoms with Crippen LogP contribution in [0.4, 0.5) is 10.1 Å². The summed E-state index contributed by atoms with van der Waals surface area (Å²) in [5.74, 6) is -1.44. The predicted molar refractivity (Wildman–Crippen MR) is 107 cm³/mol. The summed E-state index contributed by atoms with van der Waals surface area (Å²) in [5, 5.41) is 2.75. The maximum absolute atomic E-state index is 13.5. The first-order valence-electron chi connectivity index (χ1n) is 8.95. The summed E-state index contributed by atoms with van der Waals surface area (Å²) < 4.78 is 24.2. The summed E-state index contributed by atoms with van der Waals surface area (Å²) in [5.41, 5.74) is 1.89. The Morgan fingerprint density at radius 3 is 2.41 bits per heavy atom. The number of hydrogen-bond acceptors (Lipinski definition) is 4. The molecule has 29 heavy (non-hydrogen) atoms. The van der Waals surface area contributed by atoms with Gasteiger partial charge in [0, 0.05) is 5.56 Å². The van der Waals surface area contributed by atoms with Gasteiger partial charge in [0.25, 0.3) is 5.91 Å². The zero-order valence-electron chi connectivity index (χ0n) is 16.0. The molecule has 0 spiro atoms. The van der Waals surface area contributed by atoms with Crippen LogP contribution in [-0.2, 0) is 9.53 Å². The monoisotopic (exact) mass is 393 g/mol.